The van der Waals surface area contributed by atoms with Crippen LogP contribution in [0.15, 0.2) is 12.1 Å². The van der Waals surface area contributed by atoms with Gasteiger partial charge in [-0.05, 0) is 13.1 Å². The number of fused-ring (bicyclic) bond motifs is 1. The number of halogens is 1. The van der Waals surface area contributed by atoms with Crippen LogP contribution in [0, 0.1) is 5.82 Å². The molecule has 0 spiro atoms. The van der Waals surface area contributed by atoms with E-state index in [2.05, 4.69) is 5.32 Å². The summed E-state index contributed by atoms with van der Waals surface area (Å²) >= 11 is 0. The van der Waals surface area contributed by atoms with Crippen molar-refractivity contribution in [2.24, 2.45) is 0 Å². The summed E-state index contributed by atoms with van der Waals surface area (Å²) in [6.07, 6.45) is 0. The Morgan fingerprint density at radius 2 is 1.93 bits per heavy atom. The standard InChI is InChI=1S/C10H12FNO2/c1-12-6-7-4-9-10(5-8(7)11)14-3-2-13-9/h4-5,12H,2-3,6H2,1H3. The van der Waals surface area contributed by atoms with Gasteiger partial charge in [0.1, 0.15) is 19.0 Å². The van der Waals surface area contributed by atoms with Crippen LogP contribution in [0.3, 0.4) is 0 Å². The van der Waals surface area contributed by atoms with Crippen LogP contribution in [-0.4, -0.2) is 20.3 Å². The highest BCUT2D eigenvalue weighted by molar-refractivity contribution is 5.44. The lowest BCUT2D eigenvalue weighted by atomic mass is 10.2. The van der Waals surface area contributed by atoms with Crippen molar-refractivity contribution in [1.82, 2.24) is 5.32 Å². The van der Waals surface area contributed by atoms with E-state index in [9.17, 15) is 4.39 Å². The number of ether oxygens (including phenoxy) is 2. The van der Waals surface area contributed by atoms with Crippen LogP contribution >= 0.6 is 0 Å². The highest BCUT2D eigenvalue weighted by Crippen LogP contribution is 2.32. The molecule has 1 aliphatic heterocycles. The molecule has 2 rings (SSSR count). The second-order valence-electron chi connectivity index (χ2n) is 3.12. The lowest BCUT2D eigenvalue weighted by molar-refractivity contribution is 0.170. The average Bonchev–Trinajstić information content (AvgIpc) is 2.19. The first-order valence-corrected chi connectivity index (χ1v) is 4.54. The third kappa shape index (κ3) is 1.65. The first-order valence-electron chi connectivity index (χ1n) is 4.54. The van der Waals surface area contributed by atoms with Crippen LogP contribution in [-0.2, 0) is 6.54 Å². The van der Waals surface area contributed by atoms with Gasteiger partial charge in [0, 0.05) is 18.2 Å². The van der Waals surface area contributed by atoms with E-state index in [4.69, 9.17) is 9.47 Å². The molecule has 1 N–H and O–H groups in total. The Bertz CT molecular complexity index is 341. The van der Waals surface area contributed by atoms with Gasteiger partial charge in [-0.3, -0.25) is 0 Å². The van der Waals surface area contributed by atoms with Crippen LogP contribution in [0.1, 0.15) is 5.56 Å². The van der Waals surface area contributed by atoms with Gasteiger partial charge in [-0.2, -0.15) is 0 Å². The zero-order valence-corrected chi connectivity index (χ0v) is 7.97. The first-order chi connectivity index (χ1) is 6.81. The zero-order chi connectivity index (χ0) is 9.97. The van der Waals surface area contributed by atoms with Crippen molar-refractivity contribution in [2.75, 3.05) is 20.3 Å². The Hall–Kier alpha value is -1.29. The van der Waals surface area contributed by atoms with Crippen LogP contribution in [0.2, 0.25) is 0 Å². The van der Waals surface area contributed by atoms with Gasteiger partial charge >= 0.3 is 0 Å². The van der Waals surface area contributed by atoms with E-state index in [0.29, 0.717) is 36.8 Å². The van der Waals surface area contributed by atoms with Crippen molar-refractivity contribution in [2.45, 2.75) is 6.54 Å². The largest absolute Gasteiger partial charge is 0.486 e. The second-order valence-corrected chi connectivity index (χ2v) is 3.12. The fraction of sp³-hybridized carbons (Fsp3) is 0.400. The van der Waals surface area contributed by atoms with Crippen LogP contribution < -0.4 is 14.8 Å². The molecule has 1 heterocycles. The van der Waals surface area contributed by atoms with Gasteiger partial charge in [-0.1, -0.05) is 0 Å². The Balaban J connectivity index is 2.35. The molecule has 0 bridgehead atoms. The predicted molar refractivity (Wildman–Crippen MR) is 50.2 cm³/mol. The molecular formula is C10H12FNO2. The van der Waals surface area contributed by atoms with Gasteiger partial charge in [-0.15, -0.1) is 0 Å². The number of benzene rings is 1. The average molecular weight is 197 g/mol. The third-order valence-corrected chi connectivity index (χ3v) is 2.08. The summed E-state index contributed by atoms with van der Waals surface area (Å²) in [7, 11) is 1.77. The molecule has 1 aliphatic rings. The number of rotatable bonds is 2. The monoisotopic (exact) mass is 197 g/mol. The Morgan fingerprint density at radius 1 is 1.29 bits per heavy atom. The number of nitrogens with one attached hydrogen (secondary N) is 1. The molecular weight excluding hydrogens is 185 g/mol. The summed E-state index contributed by atoms with van der Waals surface area (Å²) in [6, 6.07) is 3.06. The zero-order valence-electron chi connectivity index (χ0n) is 7.97. The molecule has 0 saturated carbocycles. The molecule has 0 unspecified atom stereocenters. The smallest absolute Gasteiger partial charge is 0.164 e. The van der Waals surface area contributed by atoms with E-state index in [1.165, 1.54) is 6.07 Å². The van der Waals surface area contributed by atoms with Crippen LogP contribution in [0.5, 0.6) is 11.5 Å². The SMILES string of the molecule is CNCc1cc2c(cc1F)OCCO2. The van der Waals surface area contributed by atoms with Crippen LogP contribution in [0.4, 0.5) is 4.39 Å². The predicted octanol–water partition coefficient (Wildman–Crippen LogP) is 1.32. The first kappa shape index (κ1) is 9.27. The highest BCUT2D eigenvalue weighted by Gasteiger charge is 2.15. The van der Waals surface area contributed by atoms with Gasteiger partial charge in [0.25, 0.3) is 0 Å². The Morgan fingerprint density at radius 3 is 2.57 bits per heavy atom. The minimum atomic E-state index is -0.261. The van der Waals surface area contributed by atoms with Crippen molar-refractivity contribution in [1.29, 1.82) is 0 Å². The quantitative estimate of drug-likeness (QED) is 0.775. The summed E-state index contributed by atoms with van der Waals surface area (Å²) in [6.45, 7) is 1.50. The van der Waals surface area contributed by atoms with Crippen molar-refractivity contribution in [3.8, 4) is 11.5 Å². The summed E-state index contributed by atoms with van der Waals surface area (Å²) in [4.78, 5) is 0. The molecule has 1 aromatic carbocycles. The van der Waals surface area contributed by atoms with E-state index < -0.39 is 0 Å². The Kier molecular flexibility index (Phi) is 2.54. The molecule has 0 aromatic heterocycles. The van der Waals surface area contributed by atoms with E-state index in [-0.39, 0.29) is 5.82 Å². The topological polar surface area (TPSA) is 30.5 Å². The van der Waals surface area contributed by atoms with Crippen molar-refractivity contribution >= 4 is 0 Å². The van der Waals surface area contributed by atoms with Crippen molar-refractivity contribution < 1.29 is 13.9 Å². The Labute approximate surface area is 81.8 Å². The molecule has 0 aliphatic carbocycles. The van der Waals surface area contributed by atoms with E-state index >= 15 is 0 Å². The number of hydrogen-bond donors (Lipinski definition) is 1. The van der Waals surface area contributed by atoms with Gasteiger partial charge in [0.05, 0.1) is 0 Å². The molecule has 0 fully saturated rings. The summed E-state index contributed by atoms with van der Waals surface area (Å²) in [5.41, 5.74) is 0.594. The van der Waals surface area contributed by atoms with E-state index in [0.717, 1.165) is 0 Å². The molecule has 0 amide bonds. The fourth-order valence-electron chi connectivity index (χ4n) is 1.43. The molecule has 0 atom stereocenters. The van der Waals surface area contributed by atoms with E-state index in [1.807, 2.05) is 0 Å². The molecule has 1 aromatic rings. The lowest BCUT2D eigenvalue weighted by Crippen LogP contribution is -2.16. The molecule has 3 nitrogen and oxygen atoms in total. The lowest BCUT2D eigenvalue weighted by Gasteiger charge is -2.19. The van der Waals surface area contributed by atoms with E-state index in [1.54, 1.807) is 13.1 Å². The minimum absolute atomic E-state index is 0.261. The summed E-state index contributed by atoms with van der Waals surface area (Å²) < 4.78 is 24.0. The summed E-state index contributed by atoms with van der Waals surface area (Å²) in [5.74, 6) is 0.861. The van der Waals surface area contributed by atoms with Gasteiger partial charge in [-0.25, -0.2) is 4.39 Å². The maximum absolute atomic E-state index is 13.4. The third-order valence-electron chi connectivity index (χ3n) is 2.08. The van der Waals surface area contributed by atoms with Crippen molar-refractivity contribution in [3.05, 3.63) is 23.5 Å². The van der Waals surface area contributed by atoms with Crippen molar-refractivity contribution in [3.63, 3.8) is 0 Å². The van der Waals surface area contributed by atoms with Gasteiger partial charge in [0.2, 0.25) is 0 Å². The normalized spacial score (nSPS) is 14.1. The number of hydrogen-bond acceptors (Lipinski definition) is 3. The molecule has 14 heavy (non-hydrogen) atoms. The van der Waals surface area contributed by atoms with Crippen LogP contribution in [0.25, 0.3) is 0 Å². The second kappa shape index (κ2) is 3.84. The fourth-order valence-corrected chi connectivity index (χ4v) is 1.43. The maximum Gasteiger partial charge on any atom is 0.164 e. The van der Waals surface area contributed by atoms with Gasteiger partial charge < -0.3 is 14.8 Å². The molecule has 0 saturated heterocycles. The molecule has 0 radical (unpaired) electrons. The maximum atomic E-state index is 13.4. The molecule has 4 heteroatoms. The van der Waals surface area contributed by atoms with Gasteiger partial charge in [0.15, 0.2) is 11.5 Å². The molecule has 76 valence electrons. The summed E-state index contributed by atoms with van der Waals surface area (Å²) in [5, 5.41) is 2.90. The highest BCUT2D eigenvalue weighted by atomic mass is 19.1. The minimum Gasteiger partial charge on any atom is -0.486 e.